The third kappa shape index (κ3) is 3.44. The molecule has 0 saturated carbocycles. The van der Waals surface area contributed by atoms with Crippen molar-refractivity contribution >= 4 is 11.6 Å². The first-order valence-corrected chi connectivity index (χ1v) is 6.63. The van der Waals surface area contributed by atoms with Crippen LogP contribution in [0.1, 0.15) is 30.9 Å². The Labute approximate surface area is 109 Å². The molecule has 2 nitrogen and oxygen atoms in total. The topological polar surface area (TPSA) is 12.5 Å². The monoisotopic (exact) mass is 253 g/mol. The van der Waals surface area contributed by atoms with E-state index >= 15 is 0 Å². The molecule has 2 rings (SSSR count). The van der Waals surface area contributed by atoms with E-state index in [-0.39, 0.29) is 0 Å². The second-order valence-electron chi connectivity index (χ2n) is 4.90. The molecule has 0 amide bonds. The predicted molar refractivity (Wildman–Crippen MR) is 71.6 cm³/mol. The lowest BCUT2D eigenvalue weighted by atomic mass is 10.0. The summed E-state index contributed by atoms with van der Waals surface area (Å²) in [6.45, 7) is 9.12. The van der Waals surface area contributed by atoms with Gasteiger partial charge in [0.25, 0.3) is 0 Å². The summed E-state index contributed by atoms with van der Waals surface area (Å²) in [4.78, 5) is 2.43. The number of nitrogens with zero attached hydrogens (tertiary/aromatic N) is 1. The first-order valence-electron chi connectivity index (χ1n) is 6.25. The zero-order valence-corrected chi connectivity index (χ0v) is 11.3. The molecule has 1 aliphatic heterocycles. The van der Waals surface area contributed by atoms with Crippen LogP contribution < -0.4 is 0 Å². The fourth-order valence-corrected chi connectivity index (χ4v) is 2.49. The summed E-state index contributed by atoms with van der Waals surface area (Å²) in [5.41, 5.74) is 2.59. The highest BCUT2D eigenvalue weighted by Gasteiger charge is 2.12. The zero-order chi connectivity index (χ0) is 12.3. The summed E-state index contributed by atoms with van der Waals surface area (Å²) in [5, 5.41) is 0.880. The van der Waals surface area contributed by atoms with Gasteiger partial charge in [-0.15, -0.1) is 0 Å². The van der Waals surface area contributed by atoms with Gasteiger partial charge in [-0.25, -0.2) is 0 Å². The summed E-state index contributed by atoms with van der Waals surface area (Å²) in [6.07, 6.45) is 0. The quantitative estimate of drug-likeness (QED) is 0.820. The second kappa shape index (κ2) is 5.85. The molecule has 1 aromatic rings. The van der Waals surface area contributed by atoms with Crippen LogP contribution in [-0.4, -0.2) is 31.2 Å². The van der Waals surface area contributed by atoms with E-state index < -0.39 is 0 Å². The molecule has 0 aromatic heterocycles. The van der Waals surface area contributed by atoms with Crippen LogP contribution >= 0.6 is 11.6 Å². The van der Waals surface area contributed by atoms with Gasteiger partial charge in [-0.2, -0.15) is 0 Å². The first kappa shape index (κ1) is 12.9. The average molecular weight is 254 g/mol. The smallest absolute Gasteiger partial charge is 0.0594 e. The molecule has 3 heteroatoms. The van der Waals surface area contributed by atoms with Gasteiger partial charge in [0, 0.05) is 24.7 Å². The highest BCUT2D eigenvalue weighted by atomic mass is 35.5. The van der Waals surface area contributed by atoms with Crippen molar-refractivity contribution in [3.05, 3.63) is 34.3 Å². The minimum atomic E-state index is 0.479. The van der Waals surface area contributed by atoms with Crippen molar-refractivity contribution in [2.75, 3.05) is 26.3 Å². The molecular formula is C14H20ClNO. The molecule has 1 aliphatic rings. The Bertz CT molecular complexity index is 372. The minimum absolute atomic E-state index is 0.479. The van der Waals surface area contributed by atoms with Gasteiger partial charge in [-0.3, -0.25) is 4.90 Å². The molecule has 17 heavy (non-hydrogen) atoms. The lowest BCUT2D eigenvalue weighted by Gasteiger charge is -2.27. The SMILES string of the molecule is CC(C)c1cc(CN2CCOCC2)ccc1Cl. The number of benzene rings is 1. The standard InChI is InChI=1S/C14H20ClNO/c1-11(2)13-9-12(3-4-14(13)15)10-16-5-7-17-8-6-16/h3-4,9,11H,5-8,10H2,1-2H3. The molecule has 0 radical (unpaired) electrons. The van der Waals surface area contributed by atoms with Crippen LogP contribution in [0.25, 0.3) is 0 Å². The number of hydrogen-bond acceptors (Lipinski definition) is 2. The van der Waals surface area contributed by atoms with Crippen molar-refractivity contribution in [3.8, 4) is 0 Å². The molecule has 0 atom stereocenters. The molecule has 1 aromatic carbocycles. The van der Waals surface area contributed by atoms with E-state index in [2.05, 4.69) is 30.9 Å². The Morgan fingerprint density at radius 3 is 2.65 bits per heavy atom. The lowest BCUT2D eigenvalue weighted by molar-refractivity contribution is 0.0342. The van der Waals surface area contributed by atoms with Crippen LogP contribution in [0.2, 0.25) is 5.02 Å². The van der Waals surface area contributed by atoms with E-state index in [1.807, 2.05) is 6.07 Å². The highest BCUT2D eigenvalue weighted by Crippen LogP contribution is 2.25. The Hall–Kier alpha value is -0.570. The summed E-state index contributed by atoms with van der Waals surface area (Å²) in [6, 6.07) is 6.39. The fraction of sp³-hybridized carbons (Fsp3) is 0.571. The third-order valence-electron chi connectivity index (χ3n) is 3.19. The molecule has 94 valence electrons. The number of morpholine rings is 1. The van der Waals surface area contributed by atoms with E-state index in [1.165, 1.54) is 11.1 Å². The summed E-state index contributed by atoms with van der Waals surface area (Å²) in [7, 11) is 0. The molecule has 1 heterocycles. The largest absolute Gasteiger partial charge is 0.379 e. The van der Waals surface area contributed by atoms with Crippen molar-refractivity contribution in [2.24, 2.45) is 0 Å². The van der Waals surface area contributed by atoms with E-state index in [9.17, 15) is 0 Å². The second-order valence-corrected chi connectivity index (χ2v) is 5.31. The fourth-order valence-electron chi connectivity index (χ4n) is 2.15. The highest BCUT2D eigenvalue weighted by molar-refractivity contribution is 6.31. The maximum absolute atomic E-state index is 6.20. The molecule has 0 aliphatic carbocycles. The van der Waals surface area contributed by atoms with Crippen molar-refractivity contribution in [2.45, 2.75) is 26.3 Å². The molecule has 0 unspecified atom stereocenters. The lowest BCUT2D eigenvalue weighted by Crippen LogP contribution is -2.35. The van der Waals surface area contributed by atoms with Crippen LogP contribution in [0.3, 0.4) is 0 Å². The van der Waals surface area contributed by atoms with E-state index in [0.717, 1.165) is 37.9 Å². The van der Waals surface area contributed by atoms with Crippen LogP contribution in [0, 0.1) is 0 Å². The molecule has 0 bridgehead atoms. The van der Waals surface area contributed by atoms with Crippen LogP contribution in [0.15, 0.2) is 18.2 Å². The van der Waals surface area contributed by atoms with Crippen molar-refractivity contribution in [3.63, 3.8) is 0 Å². The van der Waals surface area contributed by atoms with Crippen LogP contribution in [-0.2, 0) is 11.3 Å². The number of rotatable bonds is 3. The Morgan fingerprint density at radius 1 is 1.29 bits per heavy atom. The average Bonchev–Trinajstić information content (AvgIpc) is 2.32. The third-order valence-corrected chi connectivity index (χ3v) is 3.54. The Kier molecular flexibility index (Phi) is 4.43. The van der Waals surface area contributed by atoms with E-state index in [0.29, 0.717) is 5.92 Å². The number of ether oxygens (including phenoxy) is 1. The van der Waals surface area contributed by atoms with Crippen LogP contribution in [0.4, 0.5) is 0 Å². The predicted octanol–water partition coefficient (Wildman–Crippen LogP) is 3.30. The van der Waals surface area contributed by atoms with Gasteiger partial charge in [0.15, 0.2) is 0 Å². The molecule has 0 spiro atoms. The van der Waals surface area contributed by atoms with E-state index in [1.54, 1.807) is 0 Å². The van der Waals surface area contributed by atoms with E-state index in [4.69, 9.17) is 16.3 Å². The van der Waals surface area contributed by atoms with Gasteiger partial charge in [0.1, 0.15) is 0 Å². The molecule has 1 fully saturated rings. The van der Waals surface area contributed by atoms with Crippen molar-refractivity contribution in [1.29, 1.82) is 0 Å². The molecule has 1 saturated heterocycles. The molecular weight excluding hydrogens is 234 g/mol. The van der Waals surface area contributed by atoms with Crippen molar-refractivity contribution < 1.29 is 4.74 Å². The van der Waals surface area contributed by atoms with Gasteiger partial charge >= 0.3 is 0 Å². The van der Waals surface area contributed by atoms with Gasteiger partial charge in [-0.1, -0.05) is 37.6 Å². The van der Waals surface area contributed by atoms with Gasteiger partial charge in [0.05, 0.1) is 13.2 Å². The Balaban J connectivity index is 2.07. The summed E-state index contributed by atoms with van der Waals surface area (Å²) >= 11 is 6.20. The van der Waals surface area contributed by atoms with Gasteiger partial charge in [-0.05, 0) is 23.1 Å². The summed E-state index contributed by atoms with van der Waals surface area (Å²) in [5.74, 6) is 0.479. The Morgan fingerprint density at radius 2 is 2.00 bits per heavy atom. The maximum Gasteiger partial charge on any atom is 0.0594 e. The molecule has 0 N–H and O–H groups in total. The maximum atomic E-state index is 6.20. The summed E-state index contributed by atoms with van der Waals surface area (Å²) < 4.78 is 5.36. The zero-order valence-electron chi connectivity index (χ0n) is 10.6. The normalized spacial score (nSPS) is 17.6. The number of halogens is 1. The van der Waals surface area contributed by atoms with Gasteiger partial charge in [0.2, 0.25) is 0 Å². The first-order chi connectivity index (χ1) is 8.16. The number of hydrogen-bond donors (Lipinski definition) is 0. The van der Waals surface area contributed by atoms with Gasteiger partial charge < -0.3 is 4.74 Å². The van der Waals surface area contributed by atoms with Crippen LogP contribution in [0.5, 0.6) is 0 Å². The van der Waals surface area contributed by atoms with Crippen molar-refractivity contribution in [1.82, 2.24) is 4.90 Å². The minimum Gasteiger partial charge on any atom is -0.379 e.